The van der Waals surface area contributed by atoms with E-state index in [1.807, 2.05) is 13.8 Å². The molecule has 0 radical (unpaired) electrons. The summed E-state index contributed by atoms with van der Waals surface area (Å²) in [7, 11) is 0. The molecule has 90 valence electrons. The van der Waals surface area contributed by atoms with Crippen molar-refractivity contribution in [3.05, 3.63) is 0 Å². The number of amides is 2. The first-order valence-electron chi connectivity index (χ1n) is 5.79. The Labute approximate surface area is 95.3 Å². The second-order valence-electron chi connectivity index (χ2n) is 5.28. The van der Waals surface area contributed by atoms with Gasteiger partial charge in [-0.3, -0.25) is 9.59 Å². The van der Waals surface area contributed by atoms with Gasteiger partial charge in [0.05, 0.1) is 18.0 Å². The van der Waals surface area contributed by atoms with Crippen LogP contribution in [0.25, 0.3) is 0 Å². The highest BCUT2D eigenvalue weighted by Gasteiger charge is 2.49. The predicted molar refractivity (Wildman–Crippen MR) is 59.5 cm³/mol. The molecule has 2 saturated heterocycles. The van der Waals surface area contributed by atoms with Crippen LogP contribution >= 0.6 is 0 Å². The lowest BCUT2D eigenvalue weighted by Crippen LogP contribution is -2.62. The summed E-state index contributed by atoms with van der Waals surface area (Å²) in [4.78, 5) is 24.7. The lowest BCUT2D eigenvalue weighted by molar-refractivity contribution is -0.136. The van der Waals surface area contributed by atoms with Gasteiger partial charge in [0.15, 0.2) is 0 Å². The van der Waals surface area contributed by atoms with E-state index in [1.165, 1.54) is 0 Å². The van der Waals surface area contributed by atoms with Gasteiger partial charge in [-0.05, 0) is 12.3 Å². The molecule has 5 nitrogen and oxygen atoms in total. The number of likely N-dealkylation sites (tertiary alicyclic amines) is 1. The Morgan fingerprint density at radius 1 is 1.56 bits per heavy atom. The molecular weight excluding hydrogens is 206 g/mol. The van der Waals surface area contributed by atoms with E-state index >= 15 is 0 Å². The molecule has 1 spiro atoms. The molecule has 2 heterocycles. The minimum atomic E-state index is -0.425. The van der Waals surface area contributed by atoms with Crippen molar-refractivity contribution in [2.45, 2.75) is 38.3 Å². The molecule has 0 aromatic rings. The smallest absolute Gasteiger partial charge is 0.239 e. The average Bonchev–Trinajstić information content (AvgIpc) is 2.60. The second kappa shape index (κ2) is 3.73. The molecule has 2 amide bonds. The van der Waals surface area contributed by atoms with Crippen molar-refractivity contribution < 1.29 is 9.59 Å². The molecule has 0 unspecified atom stereocenters. The van der Waals surface area contributed by atoms with Crippen molar-refractivity contribution in [3.63, 3.8) is 0 Å². The summed E-state index contributed by atoms with van der Waals surface area (Å²) in [6.07, 6.45) is 1.41. The molecule has 0 aromatic carbocycles. The number of rotatable bonds is 2. The summed E-state index contributed by atoms with van der Waals surface area (Å²) < 4.78 is 0. The fourth-order valence-corrected chi connectivity index (χ4v) is 2.39. The SMILES string of the molecule is CC(C)[C@@H](N)C(=O)N1CC[C@]2(CC(=O)N2)C1. The number of hydrogen-bond donors (Lipinski definition) is 2. The van der Waals surface area contributed by atoms with Crippen molar-refractivity contribution in [2.24, 2.45) is 11.7 Å². The first-order chi connectivity index (χ1) is 7.43. The highest BCUT2D eigenvalue weighted by Crippen LogP contribution is 2.31. The van der Waals surface area contributed by atoms with Gasteiger partial charge in [0, 0.05) is 13.1 Å². The molecule has 0 aliphatic carbocycles. The van der Waals surface area contributed by atoms with Crippen LogP contribution in [0.5, 0.6) is 0 Å². The third-order valence-corrected chi connectivity index (χ3v) is 3.57. The minimum Gasteiger partial charge on any atom is -0.348 e. The van der Waals surface area contributed by atoms with Crippen LogP contribution < -0.4 is 11.1 Å². The highest BCUT2D eigenvalue weighted by atomic mass is 16.2. The topological polar surface area (TPSA) is 75.4 Å². The van der Waals surface area contributed by atoms with Crippen LogP contribution in [0.4, 0.5) is 0 Å². The largest absolute Gasteiger partial charge is 0.348 e. The molecule has 2 fully saturated rings. The summed E-state index contributed by atoms with van der Waals surface area (Å²) in [6.45, 7) is 5.22. The first-order valence-corrected chi connectivity index (χ1v) is 5.79. The van der Waals surface area contributed by atoms with Crippen LogP contribution in [0.3, 0.4) is 0 Å². The van der Waals surface area contributed by atoms with Crippen LogP contribution in [-0.4, -0.2) is 41.4 Å². The fourth-order valence-electron chi connectivity index (χ4n) is 2.39. The van der Waals surface area contributed by atoms with Gasteiger partial charge in [-0.25, -0.2) is 0 Å². The summed E-state index contributed by atoms with van der Waals surface area (Å²) in [5.74, 6) is 0.246. The molecule has 0 aromatic heterocycles. The van der Waals surface area contributed by atoms with Crippen molar-refractivity contribution in [2.75, 3.05) is 13.1 Å². The van der Waals surface area contributed by atoms with Gasteiger partial charge in [0.2, 0.25) is 11.8 Å². The van der Waals surface area contributed by atoms with E-state index in [0.29, 0.717) is 19.5 Å². The number of carbonyl (C=O) groups excluding carboxylic acids is 2. The number of hydrogen-bond acceptors (Lipinski definition) is 3. The fraction of sp³-hybridized carbons (Fsp3) is 0.818. The Balaban J connectivity index is 1.94. The van der Waals surface area contributed by atoms with Crippen LogP contribution in [0, 0.1) is 5.92 Å². The van der Waals surface area contributed by atoms with Gasteiger partial charge >= 0.3 is 0 Å². The number of carbonyl (C=O) groups is 2. The van der Waals surface area contributed by atoms with E-state index in [0.717, 1.165) is 6.42 Å². The lowest BCUT2D eigenvalue weighted by atomic mass is 9.86. The van der Waals surface area contributed by atoms with Crippen molar-refractivity contribution in [1.82, 2.24) is 10.2 Å². The molecule has 0 bridgehead atoms. The molecular formula is C11H19N3O2. The molecule has 2 aliphatic rings. The zero-order valence-corrected chi connectivity index (χ0v) is 9.82. The summed E-state index contributed by atoms with van der Waals surface area (Å²) >= 11 is 0. The average molecular weight is 225 g/mol. The Hall–Kier alpha value is -1.10. The molecule has 2 aliphatic heterocycles. The van der Waals surface area contributed by atoms with Crippen molar-refractivity contribution >= 4 is 11.8 Å². The van der Waals surface area contributed by atoms with E-state index in [1.54, 1.807) is 4.90 Å². The van der Waals surface area contributed by atoms with Gasteiger partial charge in [-0.1, -0.05) is 13.8 Å². The maximum absolute atomic E-state index is 12.0. The number of nitrogens with one attached hydrogen (secondary N) is 1. The summed E-state index contributed by atoms with van der Waals surface area (Å²) in [6, 6.07) is -0.425. The minimum absolute atomic E-state index is 0.00743. The van der Waals surface area contributed by atoms with Crippen LogP contribution in [0.1, 0.15) is 26.7 Å². The number of nitrogens with two attached hydrogens (primary N) is 1. The molecule has 3 N–H and O–H groups in total. The van der Waals surface area contributed by atoms with Gasteiger partial charge in [-0.2, -0.15) is 0 Å². The van der Waals surface area contributed by atoms with E-state index in [2.05, 4.69) is 5.32 Å². The standard InChI is InChI=1S/C11H19N3O2/c1-7(2)9(12)10(16)14-4-3-11(6-14)5-8(15)13-11/h7,9H,3-6,12H2,1-2H3,(H,13,15)/t9-,11+/m1/s1. The zero-order valence-electron chi connectivity index (χ0n) is 9.82. The predicted octanol–water partition coefficient (Wildman–Crippen LogP) is -0.539. The summed E-state index contributed by atoms with van der Waals surface area (Å²) in [5.41, 5.74) is 5.70. The number of β-lactam (4-membered cyclic amide) rings is 1. The Bertz CT molecular complexity index is 319. The van der Waals surface area contributed by atoms with Gasteiger partial charge in [-0.15, -0.1) is 0 Å². The monoisotopic (exact) mass is 225 g/mol. The Kier molecular flexibility index (Phi) is 2.66. The number of nitrogens with zero attached hydrogens (tertiary/aromatic N) is 1. The maximum atomic E-state index is 12.0. The van der Waals surface area contributed by atoms with Crippen molar-refractivity contribution in [1.29, 1.82) is 0 Å². The van der Waals surface area contributed by atoms with Gasteiger partial charge in [0.25, 0.3) is 0 Å². The third kappa shape index (κ3) is 1.80. The third-order valence-electron chi connectivity index (χ3n) is 3.57. The zero-order chi connectivity index (χ0) is 11.9. The Morgan fingerprint density at radius 2 is 2.19 bits per heavy atom. The first kappa shape index (κ1) is 11.4. The van der Waals surface area contributed by atoms with E-state index in [9.17, 15) is 9.59 Å². The molecule has 2 rings (SSSR count). The van der Waals surface area contributed by atoms with Crippen LogP contribution in [0.15, 0.2) is 0 Å². The molecule has 16 heavy (non-hydrogen) atoms. The van der Waals surface area contributed by atoms with E-state index < -0.39 is 6.04 Å². The second-order valence-corrected chi connectivity index (χ2v) is 5.28. The maximum Gasteiger partial charge on any atom is 0.239 e. The molecule has 5 heteroatoms. The van der Waals surface area contributed by atoms with E-state index in [4.69, 9.17) is 5.73 Å². The Morgan fingerprint density at radius 3 is 2.69 bits per heavy atom. The van der Waals surface area contributed by atoms with Crippen LogP contribution in [-0.2, 0) is 9.59 Å². The lowest BCUT2D eigenvalue weighted by Gasteiger charge is -2.38. The normalized spacial score (nSPS) is 30.5. The highest BCUT2D eigenvalue weighted by molar-refractivity contribution is 5.87. The van der Waals surface area contributed by atoms with Gasteiger partial charge < -0.3 is 16.0 Å². The molecule has 0 saturated carbocycles. The van der Waals surface area contributed by atoms with E-state index in [-0.39, 0.29) is 23.3 Å². The summed E-state index contributed by atoms with van der Waals surface area (Å²) in [5, 5.41) is 2.90. The van der Waals surface area contributed by atoms with Crippen molar-refractivity contribution in [3.8, 4) is 0 Å². The quantitative estimate of drug-likeness (QED) is 0.620. The van der Waals surface area contributed by atoms with Crippen LogP contribution in [0.2, 0.25) is 0 Å². The molecule has 2 atom stereocenters. The van der Waals surface area contributed by atoms with Gasteiger partial charge in [0.1, 0.15) is 0 Å².